The Balaban J connectivity index is 1.35. The number of hydrogen-bond donors (Lipinski definition) is 0. The van der Waals surface area contributed by atoms with Gasteiger partial charge >= 0.3 is 0 Å². The summed E-state index contributed by atoms with van der Waals surface area (Å²) in [7, 11) is 0. The van der Waals surface area contributed by atoms with Crippen LogP contribution in [0.1, 0.15) is 17.7 Å². The molecule has 0 atom stereocenters. The lowest BCUT2D eigenvalue weighted by atomic mass is 10.2. The van der Waals surface area contributed by atoms with E-state index in [0.717, 1.165) is 56.0 Å². The van der Waals surface area contributed by atoms with E-state index in [1.165, 1.54) is 0 Å². The molecule has 1 aliphatic heterocycles. The second kappa shape index (κ2) is 7.37. The Bertz CT molecular complexity index is 809. The summed E-state index contributed by atoms with van der Waals surface area (Å²) in [6, 6.07) is 8.09. The molecule has 3 aromatic rings. The third-order valence-electron chi connectivity index (χ3n) is 4.68. The Morgan fingerprint density at radius 1 is 1.16 bits per heavy atom. The van der Waals surface area contributed by atoms with Gasteiger partial charge in [0, 0.05) is 45.1 Å². The van der Waals surface area contributed by atoms with Crippen LogP contribution >= 0.6 is 11.3 Å². The van der Waals surface area contributed by atoms with Crippen LogP contribution in [0.2, 0.25) is 0 Å². The zero-order valence-electron chi connectivity index (χ0n) is 14.2. The van der Waals surface area contributed by atoms with E-state index in [4.69, 9.17) is 0 Å². The van der Waals surface area contributed by atoms with Crippen molar-refractivity contribution in [2.75, 3.05) is 26.2 Å². The van der Waals surface area contributed by atoms with Gasteiger partial charge in [0.05, 0.1) is 12.1 Å². The van der Waals surface area contributed by atoms with Gasteiger partial charge in [0.2, 0.25) is 5.91 Å². The van der Waals surface area contributed by atoms with Gasteiger partial charge in [-0.25, -0.2) is 4.98 Å². The molecule has 0 aliphatic carbocycles. The second-order valence-electron chi connectivity index (χ2n) is 6.52. The van der Waals surface area contributed by atoms with Crippen molar-refractivity contribution in [1.82, 2.24) is 19.2 Å². The van der Waals surface area contributed by atoms with E-state index < -0.39 is 0 Å². The van der Waals surface area contributed by atoms with Gasteiger partial charge in [-0.3, -0.25) is 9.69 Å². The molecule has 0 aromatic carbocycles. The molecule has 0 radical (unpaired) electrons. The van der Waals surface area contributed by atoms with Crippen molar-refractivity contribution in [3.8, 4) is 0 Å². The average molecular weight is 354 g/mol. The Labute approximate surface area is 151 Å². The van der Waals surface area contributed by atoms with Gasteiger partial charge in [-0.05, 0) is 40.9 Å². The summed E-state index contributed by atoms with van der Waals surface area (Å²) in [5.74, 6) is 0.244. The van der Waals surface area contributed by atoms with Crippen LogP contribution in [-0.2, 0) is 17.8 Å². The van der Waals surface area contributed by atoms with Crippen LogP contribution in [0.5, 0.6) is 0 Å². The van der Waals surface area contributed by atoms with Crippen LogP contribution < -0.4 is 0 Å². The quantitative estimate of drug-likeness (QED) is 0.723. The first-order chi connectivity index (χ1) is 12.3. The Morgan fingerprint density at radius 2 is 2.12 bits per heavy atom. The van der Waals surface area contributed by atoms with Crippen molar-refractivity contribution < 1.29 is 4.79 Å². The van der Waals surface area contributed by atoms with E-state index in [1.54, 1.807) is 11.3 Å². The highest BCUT2D eigenvalue weighted by Crippen LogP contribution is 2.13. The number of aromatic nitrogens is 2. The molecule has 0 bridgehead atoms. The maximum Gasteiger partial charge on any atom is 0.227 e. The highest BCUT2D eigenvalue weighted by molar-refractivity contribution is 7.08. The topological polar surface area (TPSA) is 40.9 Å². The first-order valence-electron chi connectivity index (χ1n) is 8.72. The lowest BCUT2D eigenvalue weighted by molar-refractivity contribution is -0.130. The normalized spacial score (nSPS) is 16.2. The van der Waals surface area contributed by atoms with Crippen LogP contribution in [0.25, 0.3) is 5.65 Å². The summed E-state index contributed by atoms with van der Waals surface area (Å²) in [4.78, 5) is 21.6. The molecule has 1 saturated heterocycles. The predicted molar refractivity (Wildman–Crippen MR) is 99.7 cm³/mol. The molecule has 0 unspecified atom stereocenters. The van der Waals surface area contributed by atoms with Crippen LogP contribution in [0.3, 0.4) is 0 Å². The minimum atomic E-state index is 0.244. The molecule has 130 valence electrons. The molecule has 0 N–H and O–H groups in total. The van der Waals surface area contributed by atoms with Crippen molar-refractivity contribution in [3.05, 3.63) is 58.7 Å². The molecule has 1 amide bonds. The molecule has 6 heteroatoms. The monoisotopic (exact) mass is 354 g/mol. The van der Waals surface area contributed by atoms with Crippen LogP contribution in [0.4, 0.5) is 0 Å². The number of thiophene rings is 1. The van der Waals surface area contributed by atoms with Gasteiger partial charge in [0.1, 0.15) is 5.65 Å². The molecular formula is C19H22N4OS. The highest BCUT2D eigenvalue weighted by atomic mass is 32.1. The Morgan fingerprint density at radius 3 is 2.96 bits per heavy atom. The molecule has 1 fully saturated rings. The van der Waals surface area contributed by atoms with E-state index >= 15 is 0 Å². The zero-order valence-corrected chi connectivity index (χ0v) is 15.0. The summed E-state index contributed by atoms with van der Waals surface area (Å²) < 4.78 is 2.06. The molecule has 4 heterocycles. The molecule has 3 aromatic heterocycles. The van der Waals surface area contributed by atoms with Crippen molar-refractivity contribution >= 4 is 22.9 Å². The number of carbonyl (C=O) groups excluding carboxylic acids is 1. The number of pyridine rings is 1. The van der Waals surface area contributed by atoms with Gasteiger partial charge in [0.15, 0.2) is 0 Å². The first-order valence-corrected chi connectivity index (χ1v) is 9.66. The Kier molecular flexibility index (Phi) is 4.81. The minimum absolute atomic E-state index is 0.244. The smallest absolute Gasteiger partial charge is 0.227 e. The minimum Gasteiger partial charge on any atom is -0.341 e. The summed E-state index contributed by atoms with van der Waals surface area (Å²) in [6.07, 6.45) is 5.66. The van der Waals surface area contributed by atoms with Gasteiger partial charge < -0.3 is 9.30 Å². The lowest BCUT2D eigenvalue weighted by Crippen LogP contribution is -2.36. The molecular weight excluding hydrogens is 332 g/mol. The third-order valence-corrected chi connectivity index (χ3v) is 5.41. The lowest BCUT2D eigenvalue weighted by Gasteiger charge is -2.21. The van der Waals surface area contributed by atoms with Crippen LogP contribution in [0, 0.1) is 0 Å². The van der Waals surface area contributed by atoms with Crippen molar-refractivity contribution in [2.45, 2.75) is 19.4 Å². The van der Waals surface area contributed by atoms with Gasteiger partial charge in [0.25, 0.3) is 0 Å². The molecule has 5 nitrogen and oxygen atoms in total. The van der Waals surface area contributed by atoms with E-state index in [1.807, 2.05) is 40.7 Å². The van der Waals surface area contributed by atoms with E-state index in [9.17, 15) is 4.79 Å². The number of hydrogen-bond acceptors (Lipinski definition) is 4. The maximum atomic E-state index is 12.5. The average Bonchev–Trinajstić information content (AvgIpc) is 3.20. The van der Waals surface area contributed by atoms with Crippen LogP contribution in [0.15, 0.2) is 47.4 Å². The van der Waals surface area contributed by atoms with Gasteiger partial charge in [-0.15, -0.1) is 0 Å². The standard InChI is InChI=1S/C19H22N4OS/c24-19(12-16-5-11-25-15-16)22-8-3-6-21(9-10-22)13-17-14-23-7-2-1-4-18(23)20-17/h1-2,4-5,7,11,14-15H,3,6,8-10,12-13H2. The Hall–Kier alpha value is -2.18. The highest BCUT2D eigenvalue weighted by Gasteiger charge is 2.20. The molecule has 4 rings (SSSR count). The molecule has 25 heavy (non-hydrogen) atoms. The first kappa shape index (κ1) is 16.3. The fourth-order valence-corrected chi connectivity index (χ4v) is 4.02. The summed E-state index contributed by atoms with van der Waals surface area (Å²) in [5.41, 5.74) is 3.20. The van der Waals surface area contributed by atoms with Crippen molar-refractivity contribution in [3.63, 3.8) is 0 Å². The number of nitrogens with zero attached hydrogens (tertiary/aromatic N) is 4. The van der Waals surface area contributed by atoms with E-state index in [2.05, 4.69) is 25.9 Å². The summed E-state index contributed by atoms with van der Waals surface area (Å²) in [6.45, 7) is 4.41. The molecule has 0 saturated carbocycles. The predicted octanol–water partition coefficient (Wildman–Crippen LogP) is 2.67. The fourth-order valence-electron chi connectivity index (χ4n) is 3.35. The maximum absolute atomic E-state index is 12.5. The molecule has 0 spiro atoms. The van der Waals surface area contributed by atoms with E-state index in [-0.39, 0.29) is 5.91 Å². The van der Waals surface area contributed by atoms with Crippen LogP contribution in [-0.4, -0.2) is 51.3 Å². The van der Waals surface area contributed by atoms with E-state index in [0.29, 0.717) is 6.42 Å². The SMILES string of the molecule is O=C(Cc1ccsc1)N1CCCN(Cc2cn3ccccc3n2)CC1. The summed E-state index contributed by atoms with van der Waals surface area (Å²) >= 11 is 1.65. The van der Waals surface area contributed by atoms with Gasteiger partial charge in [-0.2, -0.15) is 11.3 Å². The number of carbonyl (C=O) groups is 1. The number of fused-ring (bicyclic) bond motifs is 1. The van der Waals surface area contributed by atoms with Gasteiger partial charge in [-0.1, -0.05) is 6.07 Å². The van der Waals surface area contributed by atoms with Crippen molar-refractivity contribution in [1.29, 1.82) is 0 Å². The molecule has 1 aliphatic rings. The summed E-state index contributed by atoms with van der Waals surface area (Å²) in [5, 5.41) is 4.09. The number of rotatable bonds is 4. The third kappa shape index (κ3) is 3.91. The second-order valence-corrected chi connectivity index (χ2v) is 7.30. The van der Waals surface area contributed by atoms with Crippen molar-refractivity contribution in [2.24, 2.45) is 0 Å². The zero-order chi connectivity index (χ0) is 17.1. The number of amides is 1. The fraction of sp³-hybridized carbons (Fsp3) is 0.368. The largest absolute Gasteiger partial charge is 0.341 e. The number of imidazole rings is 1.